The van der Waals surface area contributed by atoms with Gasteiger partial charge in [0.1, 0.15) is 0 Å². The number of rotatable bonds is 18. The van der Waals surface area contributed by atoms with Gasteiger partial charge >= 0.3 is 0 Å². The van der Waals surface area contributed by atoms with Crippen molar-refractivity contribution in [3.63, 3.8) is 0 Å². The molecule has 0 atom stereocenters. The minimum absolute atomic E-state index is 0.213. The second kappa shape index (κ2) is 23.2. The number of allylic oxidation sites excluding steroid dienone is 4. The van der Waals surface area contributed by atoms with Crippen molar-refractivity contribution in [3.8, 4) is 0 Å². The van der Waals surface area contributed by atoms with E-state index in [2.05, 4.69) is 58.9 Å². The first-order valence-electron chi connectivity index (χ1n) is 12.4. The second-order valence-corrected chi connectivity index (χ2v) is 7.96. The smallest absolute Gasteiger partial charge is 0.0757 e. The maximum atomic E-state index is 10.2. The molecule has 0 aliphatic carbocycles. The summed E-state index contributed by atoms with van der Waals surface area (Å²) in [7, 11) is 0. The first kappa shape index (κ1) is 30.1. The molecule has 172 valence electrons. The van der Waals surface area contributed by atoms with Gasteiger partial charge in [0, 0.05) is 5.97 Å². The average Bonchev–Trinajstić information content (AvgIpc) is 2.73. The summed E-state index contributed by atoms with van der Waals surface area (Å²) in [6, 6.07) is 0. The first-order valence-corrected chi connectivity index (χ1v) is 12.4. The van der Waals surface area contributed by atoms with E-state index < -0.39 is 5.97 Å². The monoisotopic (exact) mass is 409 g/mol. The molecule has 0 aromatic rings. The second-order valence-electron chi connectivity index (χ2n) is 7.96. The molecule has 0 aliphatic rings. The molecular weight excluding hydrogens is 358 g/mol. The van der Waals surface area contributed by atoms with Crippen molar-refractivity contribution in [2.75, 3.05) is 26.2 Å². The van der Waals surface area contributed by atoms with Gasteiger partial charge in [-0.3, -0.25) is 0 Å². The molecule has 0 fully saturated rings. The van der Waals surface area contributed by atoms with Gasteiger partial charge in [-0.25, -0.2) is 0 Å². The summed E-state index contributed by atoms with van der Waals surface area (Å²) in [5.41, 5.74) is 0. The Labute approximate surface area is 182 Å². The Morgan fingerprint density at radius 1 is 0.655 bits per heavy atom. The van der Waals surface area contributed by atoms with E-state index in [1.807, 2.05) is 0 Å². The number of unbranched alkanes of at least 4 members (excludes halogenated alkanes) is 8. The van der Waals surface area contributed by atoms with Crippen LogP contribution in [0.5, 0.6) is 0 Å². The number of quaternary nitrogens is 1. The molecule has 0 N–H and O–H groups in total. The van der Waals surface area contributed by atoms with Crippen LogP contribution >= 0.6 is 0 Å². The lowest BCUT2D eigenvalue weighted by atomic mass is 10.1. The van der Waals surface area contributed by atoms with Crippen LogP contribution in [0.25, 0.3) is 0 Å². The number of aliphatic carboxylic acids is 1. The van der Waals surface area contributed by atoms with Gasteiger partial charge in [-0.05, 0) is 72.6 Å². The molecule has 0 spiro atoms. The SMILES string of the molecule is CCCCC/C=C\C/C=C\CCCCCCCC(=O)[O-].CC[N+](CC)(CC)CC. The highest BCUT2D eigenvalue weighted by Crippen LogP contribution is 2.08. The molecule has 0 amide bonds. The van der Waals surface area contributed by atoms with Gasteiger partial charge in [0.25, 0.3) is 0 Å². The van der Waals surface area contributed by atoms with E-state index in [-0.39, 0.29) is 6.42 Å². The summed E-state index contributed by atoms with van der Waals surface area (Å²) in [6.07, 6.45) is 21.9. The largest absolute Gasteiger partial charge is 0.550 e. The van der Waals surface area contributed by atoms with E-state index in [9.17, 15) is 9.90 Å². The maximum absolute atomic E-state index is 10.2. The Bertz CT molecular complexity index is 380. The lowest BCUT2D eigenvalue weighted by molar-refractivity contribution is -0.921. The summed E-state index contributed by atoms with van der Waals surface area (Å²) in [5.74, 6) is -0.921. The third-order valence-electron chi connectivity index (χ3n) is 6.01. The topological polar surface area (TPSA) is 40.1 Å². The summed E-state index contributed by atoms with van der Waals surface area (Å²) < 4.78 is 1.28. The Hall–Kier alpha value is -1.09. The Kier molecular flexibility index (Phi) is 24.1. The van der Waals surface area contributed by atoms with Crippen molar-refractivity contribution in [1.29, 1.82) is 0 Å². The summed E-state index contributed by atoms with van der Waals surface area (Å²) >= 11 is 0. The molecule has 3 nitrogen and oxygen atoms in total. The third kappa shape index (κ3) is 21.4. The van der Waals surface area contributed by atoms with Gasteiger partial charge in [0.2, 0.25) is 0 Å². The van der Waals surface area contributed by atoms with Crippen LogP contribution < -0.4 is 5.11 Å². The molecule has 0 rings (SSSR count). The Morgan fingerprint density at radius 2 is 1.10 bits per heavy atom. The van der Waals surface area contributed by atoms with Crippen LogP contribution in [0, 0.1) is 0 Å². The van der Waals surface area contributed by atoms with E-state index in [1.165, 1.54) is 69.2 Å². The van der Waals surface area contributed by atoms with E-state index >= 15 is 0 Å². The van der Waals surface area contributed by atoms with Crippen LogP contribution in [0.1, 0.15) is 112 Å². The standard InChI is InChI=1S/C18H32O2.C8H20N/c1-2-3-4-5-6-7-8-9-10-11-12-13-14-15-16-17-18(19)20;1-5-9(6-2,7-3)8-4/h6-7,9-10H,2-5,8,11-17H2,1H3,(H,19,20);5-8H2,1-4H3/q;+1/p-1/b7-6-,10-9-;. The van der Waals surface area contributed by atoms with Crippen LogP contribution in [0.3, 0.4) is 0 Å². The summed E-state index contributed by atoms with van der Waals surface area (Å²) in [6.45, 7) is 16.5. The summed E-state index contributed by atoms with van der Waals surface area (Å²) in [4.78, 5) is 10.2. The number of carboxylic acid groups (broad SMARTS) is 1. The van der Waals surface area contributed by atoms with Crippen LogP contribution in [0.4, 0.5) is 0 Å². The molecule has 0 saturated carbocycles. The average molecular weight is 410 g/mol. The zero-order valence-electron chi connectivity index (χ0n) is 20.4. The predicted molar refractivity (Wildman–Crippen MR) is 127 cm³/mol. The van der Waals surface area contributed by atoms with Crippen molar-refractivity contribution < 1.29 is 14.4 Å². The van der Waals surface area contributed by atoms with Crippen LogP contribution in [-0.4, -0.2) is 36.6 Å². The lowest BCUT2D eigenvalue weighted by Crippen LogP contribution is -2.47. The van der Waals surface area contributed by atoms with Crippen LogP contribution in [0.15, 0.2) is 24.3 Å². The van der Waals surface area contributed by atoms with Gasteiger partial charge in [0.15, 0.2) is 0 Å². The Balaban J connectivity index is 0. The zero-order chi connectivity index (χ0) is 22.2. The highest BCUT2D eigenvalue weighted by molar-refractivity contribution is 5.63. The molecule has 0 unspecified atom stereocenters. The van der Waals surface area contributed by atoms with Crippen molar-refractivity contribution in [2.24, 2.45) is 0 Å². The van der Waals surface area contributed by atoms with E-state index in [0.29, 0.717) is 0 Å². The molecule has 0 aromatic heterocycles. The minimum Gasteiger partial charge on any atom is -0.550 e. The normalized spacial score (nSPS) is 11.8. The van der Waals surface area contributed by atoms with Crippen molar-refractivity contribution in [3.05, 3.63) is 24.3 Å². The Morgan fingerprint density at radius 3 is 1.52 bits per heavy atom. The van der Waals surface area contributed by atoms with Gasteiger partial charge in [0.05, 0.1) is 26.2 Å². The molecular formula is C26H51NO2. The fourth-order valence-electron chi connectivity index (χ4n) is 3.42. The number of nitrogens with zero attached hydrogens (tertiary/aromatic N) is 1. The number of hydrogen-bond donors (Lipinski definition) is 0. The number of carboxylic acids is 1. The molecule has 0 aliphatic heterocycles. The van der Waals surface area contributed by atoms with Crippen molar-refractivity contribution in [2.45, 2.75) is 112 Å². The molecule has 0 saturated heterocycles. The molecule has 0 radical (unpaired) electrons. The van der Waals surface area contributed by atoms with Gasteiger partial charge < -0.3 is 14.4 Å². The summed E-state index contributed by atoms with van der Waals surface area (Å²) in [5, 5.41) is 10.2. The number of carbonyl (C=O) groups is 1. The van der Waals surface area contributed by atoms with Gasteiger partial charge in [-0.1, -0.05) is 63.3 Å². The third-order valence-corrected chi connectivity index (χ3v) is 6.01. The van der Waals surface area contributed by atoms with Crippen molar-refractivity contribution >= 4 is 5.97 Å². The quantitative estimate of drug-likeness (QED) is 0.149. The van der Waals surface area contributed by atoms with E-state index in [0.717, 1.165) is 32.1 Å². The molecule has 0 heterocycles. The minimum atomic E-state index is -0.921. The van der Waals surface area contributed by atoms with Gasteiger partial charge in [-0.15, -0.1) is 0 Å². The van der Waals surface area contributed by atoms with Gasteiger partial charge in [-0.2, -0.15) is 0 Å². The number of hydrogen-bond acceptors (Lipinski definition) is 2. The first-order chi connectivity index (χ1) is 14.0. The van der Waals surface area contributed by atoms with E-state index in [4.69, 9.17) is 0 Å². The lowest BCUT2D eigenvalue weighted by Gasteiger charge is -2.34. The maximum Gasteiger partial charge on any atom is 0.0757 e. The van der Waals surface area contributed by atoms with Crippen molar-refractivity contribution in [1.82, 2.24) is 0 Å². The molecule has 0 bridgehead atoms. The van der Waals surface area contributed by atoms with E-state index in [1.54, 1.807) is 0 Å². The molecule has 0 aromatic carbocycles. The molecule has 3 heteroatoms. The predicted octanol–water partition coefficient (Wildman–Crippen LogP) is 6.43. The fourth-order valence-corrected chi connectivity index (χ4v) is 3.42. The highest BCUT2D eigenvalue weighted by atomic mass is 16.4. The zero-order valence-corrected chi connectivity index (χ0v) is 20.4. The molecule has 29 heavy (non-hydrogen) atoms. The highest BCUT2D eigenvalue weighted by Gasteiger charge is 2.16. The van der Waals surface area contributed by atoms with Crippen LogP contribution in [-0.2, 0) is 4.79 Å². The van der Waals surface area contributed by atoms with Crippen LogP contribution in [0.2, 0.25) is 0 Å². The number of carbonyl (C=O) groups excluding carboxylic acids is 1. The fraction of sp³-hybridized carbons (Fsp3) is 0.808.